The summed E-state index contributed by atoms with van der Waals surface area (Å²) in [6, 6.07) is 21.3. The first-order valence-electron chi connectivity index (χ1n) is 11.1. The van der Waals surface area contributed by atoms with Crippen molar-refractivity contribution in [1.29, 1.82) is 0 Å². The Hall–Kier alpha value is -3.65. The fraction of sp³-hybridized carbons (Fsp3) is 0.192. The van der Waals surface area contributed by atoms with E-state index in [9.17, 15) is 17.6 Å². The van der Waals surface area contributed by atoms with Crippen molar-refractivity contribution in [3.63, 3.8) is 0 Å². The van der Waals surface area contributed by atoms with Crippen molar-refractivity contribution in [1.82, 2.24) is 9.88 Å². The summed E-state index contributed by atoms with van der Waals surface area (Å²) in [6.07, 6.45) is 1.74. The molecule has 2 N–H and O–H groups in total. The molecular weight excluding hydrogens is 453 g/mol. The number of benzene rings is 3. The van der Waals surface area contributed by atoms with Gasteiger partial charge in [-0.1, -0.05) is 18.2 Å². The van der Waals surface area contributed by atoms with Crippen LogP contribution in [0.25, 0.3) is 10.9 Å². The van der Waals surface area contributed by atoms with Gasteiger partial charge in [0.1, 0.15) is 5.82 Å². The number of likely N-dealkylation sites (tertiary alicyclic amines) is 1. The summed E-state index contributed by atoms with van der Waals surface area (Å²) >= 11 is 0. The first-order valence-corrected chi connectivity index (χ1v) is 12.6. The molecule has 6 nitrogen and oxygen atoms in total. The Balaban J connectivity index is 1.22. The van der Waals surface area contributed by atoms with Gasteiger partial charge >= 0.3 is 0 Å². The molecule has 1 fully saturated rings. The molecule has 1 aromatic heterocycles. The Morgan fingerprint density at radius 2 is 1.62 bits per heavy atom. The molecule has 8 heteroatoms. The number of sulfonamides is 1. The van der Waals surface area contributed by atoms with Crippen molar-refractivity contribution in [3.05, 3.63) is 95.9 Å². The number of carbonyl (C=O) groups excluding carboxylic acids is 1. The van der Waals surface area contributed by atoms with Crippen molar-refractivity contribution in [3.8, 4) is 0 Å². The lowest BCUT2D eigenvalue weighted by Crippen LogP contribution is -2.38. The second-order valence-electron chi connectivity index (χ2n) is 8.52. The molecule has 34 heavy (non-hydrogen) atoms. The molecule has 1 saturated heterocycles. The SMILES string of the molecule is O=C(c1ccc(S(=O)(=O)Nc2ccc(F)cc2)cc1)N1CCC(c2cc3ccccc3[nH]2)CC1. The molecule has 0 spiro atoms. The molecule has 1 aliphatic rings. The molecular formula is C26H24FN3O3S. The third-order valence-corrected chi connectivity index (χ3v) is 7.68. The highest BCUT2D eigenvalue weighted by atomic mass is 32.2. The predicted molar refractivity (Wildman–Crippen MR) is 130 cm³/mol. The number of fused-ring (bicyclic) bond motifs is 1. The number of nitrogens with one attached hydrogen (secondary N) is 2. The number of amides is 1. The van der Waals surface area contributed by atoms with Gasteiger partial charge in [-0.25, -0.2) is 12.8 Å². The average Bonchev–Trinajstić information content (AvgIpc) is 3.29. The summed E-state index contributed by atoms with van der Waals surface area (Å²) in [5.41, 5.74) is 3.04. The normalized spacial score (nSPS) is 14.9. The molecule has 0 atom stereocenters. The standard InChI is InChI=1S/C26H24FN3O3S/c27-21-7-9-22(10-8-21)29-34(32,33)23-11-5-19(6-12-23)26(31)30-15-13-18(14-16-30)25-17-20-3-1-2-4-24(20)28-25/h1-12,17-18,28-29H,13-16H2. The summed E-state index contributed by atoms with van der Waals surface area (Å²) in [5.74, 6) is -0.178. The summed E-state index contributed by atoms with van der Waals surface area (Å²) in [7, 11) is -3.84. The minimum absolute atomic E-state index is 0.0332. The molecule has 0 radical (unpaired) electrons. The van der Waals surface area contributed by atoms with Gasteiger partial charge in [0.2, 0.25) is 0 Å². The zero-order chi connectivity index (χ0) is 23.7. The first kappa shape index (κ1) is 22.2. The molecule has 0 unspecified atom stereocenters. The third-order valence-electron chi connectivity index (χ3n) is 6.28. The van der Waals surface area contributed by atoms with Gasteiger partial charge in [-0.15, -0.1) is 0 Å². The maximum absolute atomic E-state index is 13.1. The Kier molecular flexibility index (Phi) is 5.83. The van der Waals surface area contributed by atoms with E-state index in [1.165, 1.54) is 59.6 Å². The molecule has 1 amide bonds. The Morgan fingerprint density at radius 3 is 2.29 bits per heavy atom. The highest BCUT2D eigenvalue weighted by Gasteiger charge is 2.26. The van der Waals surface area contributed by atoms with Crippen LogP contribution in [0.4, 0.5) is 10.1 Å². The largest absolute Gasteiger partial charge is 0.358 e. The van der Waals surface area contributed by atoms with Gasteiger partial charge in [0.15, 0.2) is 0 Å². The number of anilines is 1. The Morgan fingerprint density at radius 1 is 0.941 bits per heavy atom. The average molecular weight is 478 g/mol. The van der Waals surface area contributed by atoms with E-state index in [2.05, 4.69) is 27.9 Å². The van der Waals surface area contributed by atoms with E-state index in [0.717, 1.165) is 18.4 Å². The molecule has 4 aromatic rings. The summed E-state index contributed by atoms with van der Waals surface area (Å²) in [4.78, 5) is 18.3. The van der Waals surface area contributed by atoms with Crippen LogP contribution in [0.5, 0.6) is 0 Å². The van der Waals surface area contributed by atoms with Gasteiger partial charge < -0.3 is 9.88 Å². The minimum atomic E-state index is -3.84. The van der Waals surface area contributed by atoms with Crippen LogP contribution in [0, 0.1) is 5.82 Å². The predicted octanol–water partition coefficient (Wildman–Crippen LogP) is 5.13. The van der Waals surface area contributed by atoms with Crippen molar-refractivity contribution >= 4 is 32.5 Å². The number of para-hydroxylation sites is 1. The number of hydrogen-bond acceptors (Lipinski definition) is 3. The molecule has 3 aromatic carbocycles. The van der Waals surface area contributed by atoms with Crippen molar-refractivity contribution in [2.45, 2.75) is 23.7 Å². The van der Waals surface area contributed by atoms with Gasteiger partial charge in [-0.3, -0.25) is 9.52 Å². The quantitative estimate of drug-likeness (QED) is 0.418. The number of H-pyrrole nitrogens is 1. The number of carbonyl (C=O) groups is 1. The van der Waals surface area contributed by atoms with Crippen LogP contribution in [0.1, 0.15) is 34.8 Å². The number of rotatable bonds is 5. The summed E-state index contributed by atoms with van der Waals surface area (Å²) in [5, 5.41) is 1.19. The van der Waals surface area contributed by atoms with E-state index in [0.29, 0.717) is 24.6 Å². The fourth-order valence-electron chi connectivity index (χ4n) is 4.40. The minimum Gasteiger partial charge on any atom is -0.358 e. The number of piperidine rings is 1. The van der Waals surface area contributed by atoms with E-state index < -0.39 is 15.8 Å². The van der Waals surface area contributed by atoms with Crippen molar-refractivity contribution in [2.24, 2.45) is 0 Å². The molecule has 0 saturated carbocycles. The van der Waals surface area contributed by atoms with Crippen molar-refractivity contribution in [2.75, 3.05) is 17.8 Å². The maximum atomic E-state index is 13.1. The van der Waals surface area contributed by atoms with Gasteiger partial charge in [0.25, 0.3) is 15.9 Å². The fourth-order valence-corrected chi connectivity index (χ4v) is 5.46. The second-order valence-corrected chi connectivity index (χ2v) is 10.2. The lowest BCUT2D eigenvalue weighted by atomic mass is 9.93. The van der Waals surface area contributed by atoms with E-state index >= 15 is 0 Å². The van der Waals surface area contributed by atoms with Crippen LogP contribution in [-0.4, -0.2) is 37.3 Å². The van der Waals surface area contributed by atoms with Crippen LogP contribution in [0.15, 0.2) is 83.8 Å². The first-order chi connectivity index (χ1) is 16.4. The van der Waals surface area contributed by atoms with E-state index in [4.69, 9.17) is 0 Å². The molecule has 0 bridgehead atoms. The molecule has 5 rings (SSSR count). The Labute approximate surface area is 197 Å². The number of halogens is 1. The zero-order valence-electron chi connectivity index (χ0n) is 18.4. The number of nitrogens with zero attached hydrogens (tertiary/aromatic N) is 1. The lowest BCUT2D eigenvalue weighted by molar-refractivity contribution is 0.0712. The second kappa shape index (κ2) is 8.95. The molecule has 174 valence electrons. The number of aromatic amines is 1. The zero-order valence-corrected chi connectivity index (χ0v) is 19.2. The van der Waals surface area contributed by atoms with Crippen LogP contribution in [0.3, 0.4) is 0 Å². The van der Waals surface area contributed by atoms with Crippen LogP contribution >= 0.6 is 0 Å². The lowest BCUT2D eigenvalue weighted by Gasteiger charge is -2.31. The smallest absolute Gasteiger partial charge is 0.261 e. The number of hydrogen-bond donors (Lipinski definition) is 2. The number of aromatic nitrogens is 1. The van der Waals surface area contributed by atoms with Crippen LogP contribution in [-0.2, 0) is 10.0 Å². The van der Waals surface area contributed by atoms with Crippen LogP contribution in [0.2, 0.25) is 0 Å². The van der Waals surface area contributed by atoms with E-state index in [1.807, 2.05) is 17.0 Å². The van der Waals surface area contributed by atoms with E-state index in [1.54, 1.807) is 0 Å². The van der Waals surface area contributed by atoms with Crippen molar-refractivity contribution < 1.29 is 17.6 Å². The monoisotopic (exact) mass is 477 g/mol. The molecule has 0 aliphatic carbocycles. The van der Waals surface area contributed by atoms with Gasteiger partial charge in [0.05, 0.1) is 4.90 Å². The third kappa shape index (κ3) is 4.54. The molecule has 2 heterocycles. The summed E-state index contributed by atoms with van der Waals surface area (Å²) in [6.45, 7) is 1.29. The maximum Gasteiger partial charge on any atom is 0.261 e. The highest BCUT2D eigenvalue weighted by Crippen LogP contribution is 2.30. The topological polar surface area (TPSA) is 82.3 Å². The van der Waals surface area contributed by atoms with Gasteiger partial charge in [0, 0.05) is 41.5 Å². The van der Waals surface area contributed by atoms with Gasteiger partial charge in [-0.2, -0.15) is 0 Å². The Bertz CT molecular complexity index is 1390. The van der Waals surface area contributed by atoms with E-state index in [-0.39, 0.29) is 16.5 Å². The van der Waals surface area contributed by atoms with Gasteiger partial charge in [-0.05, 0) is 78.9 Å². The molecule has 1 aliphatic heterocycles. The van der Waals surface area contributed by atoms with Crippen LogP contribution < -0.4 is 4.72 Å². The summed E-state index contributed by atoms with van der Waals surface area (Å²) < 4.78 is 40.7. The highest BCUT2D eigenvalue weighted by molar-refractivity contribution is 7.92.